The molecule has 162 valence electrons. The fourth-order valence-electron chi connectivity index (χ4n) is 4.06. The number of carbonyl (C=O) groups excluding carboxylic acids is 1. The SMILES string of the molecule is Cc1nc(C)n([C@@H](C)CC(=O)N[C@H](C)Cn2nc3c(C)cc4ccccc4n3c2=O)n1. The van der Waals surface area contributed by atoms with E-state index in [1.807, 2.05) is 65.0 Å². The van der Waals surface area contributed by atoms with Crippen LogP contribution in [0.3, 0.4) is 0 Å². The number of pyridine rings is 1. The molecule has 0 radical (unpaired) electrons. The summed E-state index contributed by atoms with van der Waals surface area (Å²) < 4.78 is 4.82. The quantitative estimate of drug-likeness (QED) is 0.515. The smallest absolute Gasteiger partial charge is 0.350 e. The predicted molar refractivity (Wildman–Crippen MR) is 118 cm³/mol. The number of nitrogens with one attached hydrogen (secondary N) is 1. The van der Waals surface area contributed by atoms with Gasteiger partial charge in [0.25, 0.3) is 0 Å². The van der Waals surface area contributed by atoms with Gasteiger partial charge >= 0.3 is 5.69 Å². The highest BCUT2D eigenvalue weighted by molar-refractivity contribution is 5.83. The van der Waals surface area contributed by atoms with E-state index < -0.39 is 0 Å². The van der Waals surface area contributed by atoms with Gasteiger partial charge in [0.05, 0.1) is 18.1 Å². The van der Waals surface area contributed by atoms with E-state index in [1.165, 1.54) is 4.68 Å². The van der Waals surface area contributed by atoms with Crippen LogP contribution in [0, 0.1) is 20.8 Å². The van der Waals surface area contributed by atoms with Gasteiger partial charge in [0.2, 0.25) is 5.91 Å². The zero-order valence-corrected chi connectivity index (χ0v) is 18.5. The Morgan fingerprint density at radius 3 is 2.58 bits per heavy atom. The molecule has 0 aliphatic carbocycles. The molecule has 0 aliphatic rings. The Hall–Kier alpha value is -3.49. The molecule has 1 amide bonds. The molecule has 9 heteroatoms. The van der Waals surface area contributed by atoms with Gasteiger partial charge in [-0.3, -0.25) is 4.79 Å². The highest BCUT2D eigenvalue weighted by Crippen LogP contribution is 2.18. The second kappa shape index (κ2) is 7.98. The first-order chi connectivity index (χ1) is 14.7. The van der Waals surface area contributed by atoms with E-state index in [4.69, 9.17) is 0 Å². The van der Waals surface area contributed by atoms with Crippen LogP contribution in [0.1, 0.15) is 43.5 Å². The Balaban J connectivity index is 1.50. The number of rotatable bonds is 6. The van der Waals surface area contributed by atoms with E-state index in [2.05, 4.69) is 20.5 Å². The Morgan fingerprint density at radius 1 is 1.13 bits per heavy atom. The van der Waals surface area contributed by atoms with Crippen LogP contribution in [0.4, 0.5) is 0 Å². The number of aromatic nitrogens is 6. The van der Waals surface area contributed by atoms with Crippen molar-refractivity contribution in [3.8, 4) is 0 Å². The standard InChI is InChI=1S/C22H27N7O2/c1-13-10-18-8-6-7-9-19(18)28-21(13)26-27(22(28)31)12-14(2)23-20(30)11-15(3)29-17(5)24-16(4)25-29/h6-10,14-15H,11-12H2,1-5H3,(H,23,30)/t14-,15+/m1/s1. The van der Waals surface area contributed by atoms with E-state index in [-0.39, 0.29) is 36.6 Å². The maximum absolute atomic E-state index is 13.1. The lowest BCUT2D eigenvalue weighted by Gasteiger charge is -2.16. The van der Waals surface area contributed by atoms with Crippen LogP contribution >= 0.6 is 0 Å². The molecule has 2 atom stereocenters. The molecular formula is C22H27N7O2. The molecule has 1 aromatic carbocycles. The molecule has 31 heavy (non-hydrogen) atoms. The summed E-state index contributed by atoms with van der Waals surface area (Å²) in [6, 6.07) is 9.41. The van der Waals surface area contributed by atoms with E-state index in [0.717, 1.165) is 22.3 Å². The van der Waals surface area contributed by atoms with Crippen molar-refractivity contribution >= 4 is 22.5 Å². The normalized spacial score (nSPS) is 13.6. The number of para-hydroxylation sites is 1. The Labute approximate surface area is 179 Å². The van der Waals surface area contributed by atoms with Gasteiger partial charge in [-0.15, -0.1) is 5.10 Å². The third-order valence-corrected chi connectivity index (χ3v) is 5.40. The van der Waals surface area contributed by atoms with Crippen LogP contribution in [0.2, 0.25) is 0 Å². The molecule has 0 saturated carbocycles. The van der Waals surface area contributed by atoms with Crippen molar-refractivity contribution in [1.82, 2.24) is 34.3 Å². The van der Waals surface area contributed by atoms with Gasteiger partial charge in [-0.05, 0) is 57.7 Å². The third-order valence-electron chi connectivity index (χ3n) is 5.40. The summed E-state index contributed by atoms with van der Waals surface area (Å²) in [5, 5.41) is 12.8. The highest BCUT2D eigenvalue weighted by atomic mass is 16.2. The molecule has 0 bridgehead atoms. The number of nitrogens with zero attached hydrogens (tertiary/aromatic N) is 6. The van der Waals surface area contributed by atoms with Crippen molar-refractivity contribution < 1.29 is 4.79 Å². The zero-order chi connectivity index (χ0) is 22.3. The van der Waals surface area contributed by atoms with Crippen molar-refractivity contribution in [2.75, 3.05) is 0 Å². The summed E-state index contributed by atoms with van der Waals surface area (Å²) in [6.45, 7) is 9.74. The van der Waals surface area contributed by atoms with Gasteiger partial charge in [-0.2, -0.15) is 5.10 Å². The number of carbonyl (C=O) groups is 1. The van der Waals surface area contributed by atoms with E-state index in [0.29, 0.717) is 11.5 Å². The summed E-state index contributed by atoms with van der Waals surface area (Å²) in [4.78, 5) is 29.9. The van der Waals surface area contributed by atoms with Crippen LogP contribution in [-0.4, -0.2) is 40.9 Å². The van der Waals surface area contributed by atoms with Crippen molar-refractivity contribution in [3.05, 3.63) is 58.0 Å². The summed E-state index contributed by atoms with van der Waals surface area (Å²) in [5.74, 6) is 1.36. The average molecular weight is 422 g/mol. The molecule has 9 nitrogen and oxygen atoms in total. The molecule has 3 heterocycles. The lowest BCUT2D eigenvalue weighted by molar-refractivity contribution is -0.122. The van der Waals surface area contributed by atoms with E-state index >= 15 is 0 Å². The molecule has 0 spiro atoms. The summed E-state index contributed by atoms with van der Waals surface area (Å²) >= 11 is 0. The molecule has 3 aromatic heterocycles. The van der Waals surface area contributed by atoms with Crippen molar-refractivity contribution in [1.29, 1.82) is 0 Å². The molecule has 0 fully saturated rings. The lowest BCUT2D eigenvalue weighted by Crippen LogP contribution is -2.39. The molecule has 4 rings (SSSR count). The minimum absolute atomic E-state index is 0.106. The molecule has 0 saturated heterocycles. The Morgan fingerprint density at radius 2 is 1.87 bits per heavy atom. The molecule has 1 N–H and O–H groups in total. The van der Waals surface area contributed by atoms with Crippen LogP contribution in [0.15, 0.2) is 35.1 Å². The van der Waals surface area contributed by atoms with Crippen LogP contribution in [0.25, 0.3) is 16.6 Å². The first kappa shape index (κ1) is 20.8. The summed E-state index contributed by atoms with van der Waals surface area (Å²) in [5.41, 5.74) is 2.17. The van der Waals surface area contributed by atoms with Crippen LogP contribution in [0.5, 0.6) is 0 Å². The largest absolute Gasteiger partial charge is 0.352 e. The second-order valence-electron chi connectivity index (χ2n) is 8.18. The monoisotopic (exact) mass is 421 g/mol. The Bertz CT molecular complexity index is 1330. The number of amides is 1. The summed E-state index contributed by atoms with van der Waals surface area (Å²) in [7, 11) is 0. The van der Waals surface area contributed by atoms with E-state index in [9.17, 15) is 9.59 Å². The average Bonchev–Trinajstić information content (AvgIpc) is 3.21. The van der Waals surface area contributed by atoms with Gasteiger partial charge in [-0.25, -0.2) is 23.5 Å². The lowest BCUT2D eigenvalue weighted by atomic mass is 10.1. The Kier molecular flexibility index (Phi) is 5.34. The second-order valence-corrected chi connectivity index (χ2v) is 8.18. The van der Waals surface area contributed by atoms with Gasteiger partial charge in [0.1, 0.15) is 11.6 Å². The first-order valence-electron chi connectivity index (χ1n) is 10.4. The van der Waals surface area contributed by atoms with Gasteiger partial charge < -0.3 is 5.32 Å². The minimum atomic E-state index is -0.257. The minimum Gasteiger partial charge on any atom is -0.352 e. The van der Waals surface area contributed by atoms with Gasteiger partial charge in [0.15, 0.2) is 5.65 Å². The molecule has 0 aliphatic heterocycles. The van der Waals surface area contributed by atoms with Gasteiger partial charge in [0, 0.05) is 12.5 Å². The predicted octanol–water partition coefficient (Wildman–Crippen LogP) is 2.32. The third kappa shape index (κ3) is 3.95. The molecule has 0 unspecified atom stereocenters. The highest BCUT2D eigenvalue weighted by Gasteiger charge is 2.18. The fraction of sp³-hybridized carbons (Fsp3) is 0.409. The maximum Gasteiger partial charge on any atom is 0.350 e. The summed E-state index contributed by atoms with van der Waals surface area (Å²) in [6.07, 6.45) is 0.276. The van der Waals surface area contributed by atoms with Crippen molar-refractivity contribution in [2.45, 2.75) is 59.7 Å². The molecule has 4 aromatic rings. The zero-order valence-electron chi connectivity index (χ0n) is 18.5. The number of hydrogen-bond donors (Lipinski definition) is 1. The number of hydrogen-bond acceptors (Lipinski definition) is 5. The first-order valence-corrected chi connectivity index (χ1v) is 10.4. The van der Waals surface area contributed by atoms with Gasteiger partial charge in [-0.1, -0.05) is 18.2 Å². The number of fused-ring (bicyclic) bond motifs is 3. The van der Waals surface area contributed by atoms with Crippen molar-refractivity contribution in [2.24, 2.45) is 0 Å². The van der Waals surface area contributed by atoms with Crippen LogP contribution < -0.4 is 11.0 Å². The maximum atomic E-state index is 13.1. The fourth-order valence-corrected chi connectivity index (χ4v) is 4.06. The van der Waals surface area contributed by atoms with Crippen molar-refractivity contribution in [3.63, 3.8) is 0 Å². The molecular weight excluding hydrogens is 394 g/mol. The number of benzene rings is 1. The van der Waals surface area contributed by atoms with Crippen LogP contribution in [-0.2, 0) is 11.3 Å². The number of aryl methyl sites for hydroxylation is 3. The van der Waals surface area contributed by atoms with E-state index in [1.54, 1.807) is 9.08 Å². The topological polar surface area (TPSA) is 99.1 Å².